The number of aliphatic carboxylic acids is 1. The van der Waals surface area contributed by atoms with Crippen LogP contribution in [-0.4, -0.2) is 29.6 Å². The lowest BCUT2D eigenvalue weighted by atomic mass is 10.3. The number of carboxylic acid groups (broad SMARTS) is 1. The monoisotopic (exact) mass is 212 g/mol. The van der Waals surface area contributed by atoms with Crippen molar-refractivity contribution in [2.24, 2.45) is 0 Å². The maximum Gasteiger partial charge on any atom is 0.321 e. The molecule has 0 rings (SSSR count). The molecule has 82 valence electrons. The average molecular weight is 212 g/mol. The van der Waals surface area contributed by atoms with Crippen LogP contribution in [-0.2, 0) is 9.59 Å². The second-order valence-corrected chi connectivity index (χ2v) is 2.65. The van der Waals surface area contributed by atoms with Crippen LogP contribution in [0, 0.1) is 12.3 Å². The molecule has 0 aromatic rings. The summed E-state index contributed by atoms with van der Waals surface area (Å²) in [6.07, 6.45) is 4.79. The van der Waals surface area contributed by atoms with Gasteiger partial charge in [-0.05, 0) is 0 Å². The molecule has 0 heterocycles. The summed E-state index contributed by atoms with van der Waals surface area (Å²) >= 11 is 0. The first kappa shape index (κ1) is 13.0. The van der Waals surface area contributed by atoms with Crippen LogP contribution in [0.2, 0.25) is 0 Å². The number of carbonyl (C=O) groups excluding carboxylic acids is 2. The van der Waals surface area contributed by atoms with Crippen LogP contribution in [0.3, 0.4) is 0 Å². The summed E-state index contributed by atoms with van der Waals surface area (Å²) < 4.78 is 0. The topological polar surface area (TPSA) is 95.5 Å². The zero-order valence-corrected chi connectivity index (χ0v) is 8.08. The summed E-state index contributed by atoms with van der Waals surface area (Å²) in [5, 5.41) is 12.6. The van der Waals surface area contributed by atoms with Gasteiger partial charge in [0.2, 0.25) is 5.91 Å². The van der Waals surface area contributed by atoms with Crippen LogP contribution in [0.1, 0.15) is 19.3 Å². The molecule has 0 atom stereocenters. The van der Waals surface area contributed by atoms with Crippen LogP contribution < -0.4 is 10.6 Å². The quantitative estimate of drug-likeness (QED) is 0.430. The summed E-state index contributed by atoms with van der Waals surface area (Å²) in [6.45, 7) is 0.272. The number of carboxylic acids is 1. The number of urea groups is 1. The van der Waals surface area contributed by atoms with Gasteiger partial charge in [-0.3, -0.25) is 14.9 Å². The molecule has 0 aliphatic rings. The molecule has 3 amide bonds. The van der Waals surface area contributed by atoms with Crippen molar-refractivity contribution in [2.75, 3.05) is 6.54 Å². The third-order valence-electron chi connectivity index (χ3n) is 1.37. The van der Waals surface area contributed by atoms with Gasteiger partial charge in [0.05, 0.1) is 6.42 Å². The second-order valence-electron chi connectivity index (χ2n) is 2.65. The Bertz CT molecular complexity index is 293. The van der Waals surface area contributed by atoms with E-state index in [1.54, 1.807) is 0 Å². The molecule has 0 aromatic carbocycles. The second kappa shape index (κ2) is 7.38. The van der Waals surface area contributed by atoms with E-state index in [1.165, 1.54) is 0 Å². The van der Waals surface area contributed by atoms with Crippen molar-refractivity contribution in [3.8, 4) is 12.3 Å². The summed E-state index contributed by atoms with van der Waals surface area (Å²) in [7, 11) is 0. The molecule has 0 aliphatic heterocycles. The molecule has 0 unspecified atom stereocenters. The van der Waals surface area contributed by atoms with Crippen molar-refractivity contribution < 1.29 is 19.5 Å². The van der Waals surface area contributed by atoms with Crippen LogP contribution in [0.15, 0.2) is 0 Å². The highest BCUT2D eigenvalue weighted by Crippen LogP contribution is 1.88. The van der Waals surface area contributed by atoms with E-state index in [0.29, 0.717) is 6.42 Å². The minimum atomic E-state index is -1.09. The number of nitrogens with one attached hydrogen (secondary N) is 2. The molecule has 0 saturated carbocycles. The molecule has 3 N–H and O–H groups in total. The lowest BCUT2D eigenvalue weighted by Gasteiger charge is -2.03. The lowest BCUT2D eigenvalue weighted by molar-refractivity contribution is -0.138. The van der Waals surface area contributed by atoms with E-state index in [2.05, 4.69) is 11.2 Å². The smallest absolute Gasteiger partial charge is 0.321 e. The van der Waals surface area contributed by atoms with Gasteiger partial charge in [-0.25, -0.2) is 4.79 Å². The molecule has 0 bridgehead atoms. The van der Waals surface area contributed by atoms with Gasteiger partial charge < -0.3 is 10.4 Å². The van der Waals surface area contributed by atoms with Gasteiger partial charge in [-0.1, -0.05) is 0 Å². The summed E-state index contributed by atoms with van der Waals surface area (Å²) in [4.78, 5) is 31.9. The fourth-order valence-electron chi connectivity index (χ4n) is 0.702. The highest BCUT2D eigenvalue weighted by atomic mass is 16.4. The molecule has 0 saturated heterocycles. The van der Waals surface area contributed by atoms with Crippen LogP contribution in [0.25, 0.3) is 0 Å². The van der Waals surface area contributed by atoms with Gasteiger partial charge in [-0.2, -0.15) is 0 Å². The molecular weight excluding hydrogens is 200 g/mol. The van der Waals surface area contributed by atoms with E-state index in [0.717, 1.165) is 0 Å². The molecule has 0 radical (unpaired) electrons. The van der Waals surface area contributed by atoms with Crippen LogP contribution >= 0.6 is 0 Å². The Balaban J connectivity index is 3.63. The largest absolute Gasteiger partial charge is 0.481 e. The number of amides is 3. The standard InChI is InChI=1S/C9H12N2O4/c1-2-3-6-10-9(15)11-7(12)4-5-8(13)14/h1H,3-6H2,(H,13,14)(H2,10,11,12,15). The van der Waals surface area contributed by atoms with Crippen molar-refractivity contribution in [3.05, 3.63) is 0 Å². The molecular formula is C9H12N2O4. The maximum absolute atomic E-state index is 10.9. The van der Waals surface area contributed by atoms with Gasteiger partial charge in [0, 0.05) is 19.4 Å². The number of hydrogen-bond acceptors (Lipinski definition) is 3. The summed E-state index contributed by atoms with van der Waals surface area (Å²) in [5.41, 5.74) is 0. The minimum absolute atomic E-state index is 0.224. The van der Waals surface area contributed by atoms with Crippen molar-refractivity contribution in [1.29, 1.82) is 0 Å². The van der Waals surface area contributed by atoms with Crippen LogP contribution in [0.4, 0.5) is 4.79 Å². The number of rotatable bonds is 5. The average Bonchev–Trinajstić information content (AvgIpc) is 2.15. The van der Waals surface area contributed by atoms with E-state index < -0.39 is 17.9 Å². The normalized spacial score (nSPS) is 8.73. The molecule has 0 aromatic heterocycles. The first-order valence-electron chi connectivity index (χ1n) is 4.29. The Labute approximate surface area is 87.0 Å². The van der Waals surface area contributed by atoms with Crippen molar-refractivity contribution >= 4 is 17.9 Å². The highest BCUT2D eigenvalue weighted by molar-refractivity contribution is 5.95. The Morgan fingerprint density at radius 2 is 1.93 bits per heavy atom. The van der Waals surface area contributed by atoms with Crippen molar-refractivity contribution in [3.63, 3.8) is 0 Å². The minimum Gasteiger partial charge on any atom is -0.481 e. The Morgan fingerprint density at radius 1 is 1.27 bits per heavy atom. The zero-order valence-electron chi connectivity index (χ0n) is 8.08. The number of hydrogen-bond donors (Lipinski definition) is 3. The van der Waals surface area contributed by atoms with E-state index in [9.17, 15) is 14.4 Å². The van der Waals surface area contributed by atoms with E-state index in [4.69, 9.17) is 11.5 Å². The van der Waals surface area contributed by atoms with Crippen LogP contribution in [0.5, 0.6) is 0 Å². The highest BCUT2D eigenvalue weighted by Gasteiger charge is 2.08. The predicted molar refractivity (Wildman–Crippen MR) is 51.9 cm³/mol. The molecule has 6 nitrogen and oxygen atoms in total. The van der Waals surface area contributed by atoms with Gasteiger partial charge in [0.1, 0.15) is 0 Å². The SMILES string of the molecule is C#CCCNC(=O)NC(=O)CCC(=O)O. The first-order valence-corrected chi connectivity index (χ1v) is 4.29. The van der Waals surface area contributed by atoms with Gasteiger partial charge >= 0.3 is 12.0 Å². The number of carbonyl (C=O) groups is 3. The predicted octanol–water partition coefficient (Wildman–Crippen LogP) is -0.300. The van der Waals surface area contributed by atoms with E-state index in [-0.39, 0.29) is 19.4 Å². The van der Waals surface area contributed by atoms with Gasteiger partial charge in [-0.15, -0.1) is 12.3 Å². The third-order valence-corrected chi connectivity index (χ3v) is 1.37. The fourth-order valence-corrected chi connectivity index (χ4v) is 0.702. The van der Waals surface area contributed by atoms with Crippen molar-refractivity contribution in [1.82, 2.24) is 10.6 Å². The third kappa shape index (κ3) is 8.30. The lowest BCUT2D eigenvalue weighted by Crippen LogP contribution is -2.39. The zero-order chi connectivity index (χ0) is 11.7. The molecule has 0 fully saturated rings. The number of imide groups is 1. The Morgan fingerprint density at radius 3 is 2.47 bits per heavy atom. The fraction of sp³-hybridized carbons (Fsp3) is 0.444. The molecule has 6 heteroatoms. The summed E-state index contributed by atoms with van der Waals surface area (Å²) in [5.74, 6) is 0.597. The van der Waals surface area contributed by atoms with E-state index in [1.807, 2.05) is 5.32 Å². The van der Waals surface area contributed by atoms with Gasteiger partial charge in [0.15, 0.2) is 0 Å². The Kier molecular flexibility index (Phi) is 6.38. The first-order chi connectivity index (χ1) is 7.06. The molecule has 0 aliphatic carbocycles. The molecule has 15 heavy (non-hydrogen) atoms. The van der Waals surface area contributed by atoms with Gasteiger partial charge in [0.25, 0.3) is 0 Å². The Hall–Kier alpha value is -2.03. The van der Waals surface area contributed by atoms with E-state index >= 15 is 0 Å². The maximum atomic E-state index is 10.9. The summed E-state index contributed by atoms with van der Waals surface area (Å²) in [6, 6.07) is -0.666. The van der Waals surface area contributed by atoms with Crippen molar-refractivity contribution in [2.45, 2.75) is 19.3 Å². The molecule has 0 spiro atoms. The number of terminal acetylenes is 1.